The predicted molar refractivity (Wildman–Crippen MR) is 62.8 cm³/mol. The van der Waals surface area contributed by atoms with Gasteiger partial charge in [-0.3, -0.25) is 4.79 Å². The Kier molecular flexibility index (Phi) is 3.10. The molecule has 2 rings (SSSR count). The van der Waals surface area contributed by atoms with E-state index in [2.05, 4.69) is 4.98 Å². The van der Waals surface area contributed by atoms with E-state index in [1.165, 1.54) is 6.39 Å². The van der Waals surface area contributed by atoms with Crippen molar-refractivity contribution < 1.29 is 9.21 Å². The average molecular weight is 239 g/mol. The number of halogens is 1. The summed E-state index contributed by atoms with van der Waals surface area (Å²) in [5.41, 5.74) is 2.23. The van der Waals surface area contributed by atoms with Gasteiger partial charge < -0.3 is 9.32 Å². The molecule has 84 valence electrons. The molecule has 0 saturated heterocycles. The highest BCUT2D eigenvalue weighted by atomic mass is 35.5. The van der Waals surface area contributed by atoms with Crippen molar-refractivity contribution in [1.82, 2.24) is 4.98 Å². The zero-order valence-corrected chi connectivity index (χ0v) is 9.57. The molecule has 0 aliphatic carbocycles. The van der Waals surface area contributed by atoms with Gasteiger partial charge in [-0.2, -0.15) is 0 Å². The number of fused-ring (bicyclic) bond motifs is 1. The van der Waals surface area contributed by atoms with Gasteiger partial charge in [-0.15, -0.1) is 11.6 Å². The lowest BCUT2D eigenvalue weighted by molar-refractivity contribution is -0.117. The summed E-state index contributed by atoms with van der Waals surface area (Å²) >= 11 is 5.53. The van der Waals surface area contributed by atoms with Crippen LogP contribution in [0.3, 0.4) is 0 Å². The first kappa shape index (κ1) is 11.0. The maximum Gasteiger partial charge on any atom is 0.227 e. The molecule has 1 aromatic heterocycles. The van der Waals surface area contributed by atoms with Crippen molar-refractivity contribution in [3.8, 4) is 0 Å². The number of carbonyl (C=O) groups is 1. The highest BCUT2D eigenvalue weighted by Gasteiger charge is 2.11. The van der Waals surface area contributed by atoms with Crippen LogP contribution in [0.15, 0.2) is 29.0 Å². The number of hydrogen-bond donors (Lipinski definition) is 0. The predicted octanol–water partition coefficient (Wildman–Crippen LogP) is 2.42. The number of rotatable bonds is 3. The molecule has 4 nitrogen and oxygen atoms in total. The van der Waals surface area contributed by atoms with Crippen molar-refractivity contribution in [2.75, 3.05) is 17.8 Å². The third-order valence-corrected chi connectivity index (χ3v) is 2.57. The molecule has 16 heavy (non-hydrogen) atoms. The number of amides is 1. The highest BCUT2D eigenvalue weighted by molar-refractivity contribution is 6.19. The van der Waals surface area contributed by atoms with E-state index in [4.69, 9.17) is 16.0 Å². The van der Waals surface area contributed by atoms with E-state index in [9.17, 15) is 4.79 Å². The van der Waals surface area contributed by atoms with E-state index in [1.807, 2.05) is 12.1 Å². The van der Waals surface area contributed by atoms with Crippen LogP contribution < -0.4 is 4.90 Å². The number of hydrogen-bond acceptors (Lipinski definition) is 3. The molecule has 5 heteroatoms. The fraction of sp³-hybridized carbons (Fsp3) is 0.273. The van der Waals surface area contributed by atoms with Crippen LogP contribution in [0.25, 0.3) is 11.1 Å². The Morgan fingerprint density at radius 1 is 1.56 bits per heavy atom. The fourth-order valence-corrected chi connectivity index (χ4v) is 1.61. The van der Waals surface area contributed by atoms with Gasteiger partial charge in [0.15, 0.2) is 12.0 Å². The van der Waals surface area contributed by atoms with Gasteiger partial charge in [0, 0.05) is 31.1 Å². The van der Waals surface area contributed by atoms with E-state index in [0.29, 0.717) is 17.9 Å². The topological polar surface area (TPSA) is 46.3 Å². The second-order valence-electron chi connectivity index (χ2n) is 3.40. The minimum atomic E-state index is -0.0196. The number of alkyl halides is 1. The first-order valence-electron chi connectivity index (χ1n) is 4.88. The first-order chi connectivity index (χ1) is 7.72. The van der Waals surface area contributed by atoms with Gasteiger partial charge in [0.1, 0.15) is 5.52 Å². The number of aromatic nitrogens is 1. The highest BCUT2D eigenvalue weighted by Crippen LogP contribution is 2.20. The summed E-state index contributed by atoms with van der Waals surface area (Å²) in [5, 5.41) is 0. The smallest absolute Gasteiger partial charge is 0.227 e. The van der Waals surface area contributed by atoms with Gasteiger partial charge in [0.05, 0.1) is 0 Å². The van der Waals surface area contributed by atoms with Crippen LogP contribution in [-0.2, 0) is 4.79 Å². The number of oxazole rings is 1. The van der Waals surface area contributed by atoms with Gasteiger partial charge in [0.25, 0.3) is 0 Å². The molecule has 1 amide bonds. The normalized spacial score (nSPS) is 10.6. The van der Waals surface area contributed by atoms with E-state index in [0.717, 1.165) is 11.2 Å². The summed E-state index contributed by atoms with van der Waals surface area (Å²) in [7, 11) is 1.71. The van der Waals surface area contributed by atoms with E-state index < -0.39 is 0 Å². The van der Waals surface area contributed by atoms with Gasteiger partial charge >= 0.3 is 0 Å². The van der Waals surface area contributed by atoms with E-state index >= 15 is 0 Å². The Hall–Kier alpha value is -1.55. The average Bonchev–Trinajstić information content (AvgIpc) is 2.75. The van der Waals surface area contributed by atoms with Crippen molar-refractivity contribution >= 4 is 34.3 Å². The molecule has 0 N–H and O–H groups in total. The monoisotopic (exact) mass is 238 g/mol. The Bertz CT molecular complexity index is 509. The number of anilines is 1. The summed E-state index contributed by atoms with van der Waals surface area (Å²) in [4.78, 5) is 17.2. The van der Waals surface area contributed by atoms with Crippen molar-refractivity contribution in [2.24, 2.45) is 0 Å². The second kappa shape index (κ2) is 4.53. The molecule has 0 radical (unpaired) electrons. The summed E-state index contributed by atoms with van der Waals surface area (Å²) in [6.07, 6.45) is 1.71. The Morgan fingerprint density at radius 2 is 2.38 bits per heavy atom. The van der Waals surface area contributed by atoms with Crippen molar-refractivity contribution in [1.29, 1.82) is 0 Å². The van der Waals surface area contributed by atoms with Gasteiger partial charge in [0.2, 0.25) is 5.91 Å². The molecule has 0 aliphatic rings. The Morgan fingerprint density at radius 3 is 3.12 bits per heavy atom. The third kappa shape index (κ3) is 2.02. The van der Waals surface area contributed by atoms with Crippen LogP contribution in [-0.4, -0.2) is 23.8 Å². The molecule has 0 bridgehead atoms. The van der Waals surface area contributed by atoms with E-state index in [-0.39, 0.29) is 5.91 Å². The van der Waals surface area contributed by atoms with Crippen LogP contribution in [0.1, 0.15) is 6.42 Å². The Labute approximate surface area is 97.8 Å². The van der Waals surface area contributed by atoms with Gasteiger partial charge in [-0.1, -0.05) is 0 Å². The largest absolute Gasteiger partial charge is 0.443 e. The summed E-state index contributed by atoms with van der Waals surface area (Å²) in [5.74, 6) is 0.308. The molecule has 0 fully saturated rings. The summed E-state index contributed by atoms with van der Waals surface area (Å²) < 4.78 is 5.17. The standard InChI is InChI=1S/C11H11ClN2O2/c1-14(11(15)4-5-12)8-2-3-9-10(6-8)16-7-13-9/h2-3,6-7H,4-5H2,1H3. The van der Waals surface area contributed by atoms with Crippen LogP contribution >= 0.6 is 11.6 Å². The minimum Gasteiger partial charge on any atom is -0.443 e. The van der Waals surface area contributed by atoms with Crippen molar-refractivity contribution in [3.05, 3.63) is 24.6 Å². The maximum absolute atomic E-state index is 11.6. The van der Waals surface area contributed by atoms with E-state index in [1.54, 1.807) is 18.0 Å². The SMILES string of the molecule is CN(C(=O)CCCl)c1ccc2ncoc2c1. The maximum atomic E-state index is 11.6. The lowest BCUT2D eigenvalue weighted by atomic mass is 10.2. The molecule has 0 spiro atoms. The molecule has 0 atom stereocenters. The molecule has 0 unspecified atom stereocenters. The Balaban J connectivity index is 2.28. The number of benzene rings is 1. The third-order valence-electron chi connectivity index (χ3n) is 2.38. The second-order valence-corrected chi connectivity index (χ2v) is 3.77. The lowest BCUT2D eigenvalue weighted by Crippen LogP contribution is -2.26. The molecule has 0 saturated carbocycles. The summed E-state index contributed by atoms with van der Waals surface area (Å²) in [6, 6.07) is 5.43. The molecule has 2 aromatic rings. The molecular weight excluding hydrogens is 228 g/mol. The zero-order chi connectivity index (χ0) is 11.5. The van der Waals surface area contributed by atoms with Crippen LogP contribution in [0.5, 0.6) is 0 Å². The molecule has 0 aliphatic heterocycles. The first-order valence-corrected chi connectivity index (χ1v) is 5.41. The molecule has 1 aromatic carbocycles. The fourth-order valence-electron chi connectivity index (χ4n) is 1.44. The minimum absolute atomic E-state index is 0.0196. The summed E-state index contributed by atoms with van der Waals surface area (Å²) in [6.45, 7) is 0. The lowest BCUT2D eigenvalue weighted by Gasteiger charge is -2.16. The molecular formula is C11H11ClN2O2. The van der Waals surface area contributed by atoms with Crippen molar-refractivity contribution in [3.63, 3.8) is 0 Å². The number of carbonyl (C=O) groups excluding carboxylic acids is 1. The quantitative estimate of drug-likeness (QED) is 0.772. The number of nitrogens with zero attached hydrogens (tertiary/aromatic N) is 2. The van der Waals surface area contributed by atoms with Crippen molar-refractivity contribution in [2.45, 2.75) is 6.42 Å². The van der Waals surface area contributed by atoms with Gasteiger partial charge in [-0.05, 0) is 12.1 Å². The molecule has 1 heterocycles. The van der Waals surface area contributed by atoms with Crippen LogP contribution in [0.4, 0.5) is 5.69 Å². The van der Waals surface area contributed by atoms with Crippen LogP contribution in [0.2, 0.25) is 0 Å². The van der Waals surface area contributed by atoms with Gasteiger partial charge in [-0.25, -0.2) is 4.98 Å². The zero-order valence-electron chi connectivity index (χ0n) is 8.81. The van der Waals surface area contributed by atoms with Crippen LogP contribution in [0, 0.1) is 0 Å².